The monoisotopic (exact) mass is 403 g/mol. The highest BCUT2D eigenvalue weighted by atomic mass is 32.2. The summed E-state index contributed by atoms with van der Waals surface area (Å²) in [6, 6.07) is 14.9. The lowest BCUT2D eigenvalue weighted by atomic mass is 10.2. The summed E-state index contributed by atoms with van der Waals surface area (Å²) in [7, 11) is -7.22. The van der Waals surface area contributed by atoms with E-state index in [1.807, 2.05) is 0 Å². The molecule has 140 valence electrons. The van der Waals surface area contributed by atoms with Crippen LogP contribution in [0.1, 0.15) is 6.42 Å². The summed E-state index contributed by atoms with van der Waals surface area (Å²) in [6.07, 6.45) is 2.10. The van der Waals surface area contributed by atoms with Gasteiger partial charge in [0.2, 0.25) is 10.0 Å². The second-order valence-corrected chi connectivity index (χ2v) is 9.89. The molecule has 0 amide bonds. The third kappa shape index (κ3) is 3.35. The van der Waals surface area contributed by atoms with Crippen molar-refractivity contribution in [2.24, 2.45) is 0 Å². The van der Waals surface area contributed by atoms with E-state index >= 15 is 0 Å². The maximum absolute atomic E-state index is 12.9. The Morgan fingerprint density at radius 3 is 2.59 bits per heavy atom. The van der Waals surface area contributed by atoms with Gasteiger partial charge < -0.3 is 0 Å². The molecule has 0 aliphatic carbocycles. The van der Waals surface area contributed by atoms with E-state index in [0.717, 1.165) is 5.39 Å². The third-order valence-electron chi connectivity index (χ3n) is 4.37. The fourth-order valence-electron chi connectivity index (χ4n) is 3.16. The van der Waals surface area contributed by atoms with Crippen LogP contribution < -0.4 is 9.03 Å². The van der Waals surface area contributed by atoms with Gasteiger partial charge >= 0.3 is 0 Å². The number of para-hydroxylation sites is 1. The maximum atomic E-state index is 12.9. The lowest BCUT2D eigenvalue weighted by Gasteiger charge is -2.18. The predicted molar refractivity (Wildman–Crippen MR) is 105 cm³/mol. The molecule has 0 spiro atoms. The zero-order valence-electron chi connectivity index (χ0n) is 14.2. The molecule has 27 heavy (non-hydrogen) atoms. The lowest BCUT2D eigenvalue weighted by molar-refractivity contribution is 0.599. The van der Waals surface area contributed by atoms with Crippen molar-refractivity contribution in [2.45, 2.75) is 11.3 Å². The van der Waals surface area contributed by atoms with Gasteiger partial charge in [0.25, 0.3) is 10.0 Å². The van der Waals surface area contributed by atoms with E-state index in [-0.39, 0.29) is 10.6 Å². The van der Waals surface area contributed by atoms with Gasteiger partial charge in [0.1, 0.15) is 4.90 Å². The third-order valence-corrected chi connectivity index (χ3v) is 7.65. The summed E-state index contributed by atoms with van der Waals surface area (Å²) in [5.41, 5.74) is 1.12. The molecule has 1 fully saturated rings. The van der Waals surface area contributed by atoms with E-state index in [0.29, 0.717) is 29.9 Å². The van der Waals surface area contributed by atoms with Gasteiger partial charge in [-0.05, 0) is 36.8 Å². The molecule has 1 saturated heterocycles. The molecule has 2 aromatic carbocycles. The van der Waals surface area contributed by atoms with E-state index in [2.05, 4.69) is 9.71 Å². The average Bonchev–Trinajstić information content (AvgIpc) is 3.00. The Balaban J connectivity index is 1.70. The smallest absolute Gasteiger partial charge is 0.264 e. The number of hydrogen-bond donors (Lipinski definition) is 1. The predicted octanol–water partition coefficient (Wildman–Crippen LogP) is 2.58. The van der Waals surface area contributed by atoms with Crippen LogP contribution in [0.4, 0.5) is 11.4 Å². The van der Waals surface area contributed by atoms with E-state index in [1.165, 1.54) is 16.4 Å². The van der Waals surface area contributed by atoms with Crippen molar-refractivity contribution in [3.8, 4) is 0 Å². The van der Waals surface area contributed by atoms with Crippen LogP contribution in [-0.2, 0) is 20.0 Å². The van der Waals surface area contributed by atoms with Crippen LogP contribution in [0.2, 0.25) is 0 Å². The van der Waals surface area contributed by atoms with Gasteiger partial charge in [-0.3, -0.25) is 14.0 Å². The van der Waals surface area contributed by atoms with Gasteiger partial charge in [0.05, 0.1) is 22.6 Å². The molecule has 0 saturated carbocycles. The van der Waals surface area contributed by atoms with Crippen LogP contribution in [0.5, 0.6) is 0 Å². The van der Waals surface area contributed by atoms with Gasteiger partial charge in [0, 0.05) is 18.1 Å². The number of fused-ring (bicyclic) bond motifs is 1. The minimum atomic E-state index is -3.89. The Hall–Kier alpha value is -2.65. The molecule has 1 aliphatic heterocycles. The highest BCUT2D eigenvalue weighted by molar-refractivity contribution is 7.93. The van der Waals surface area contributed by atoms with Crippen LogP contribution in [0.3, 0.4) is 0 Å². The number of anilines is 2. The number of sulfonamides is 2. The van der Waals surface area contributed by atoms with E-state index < -0.39 is 20.0 Å². The van der Waals surface area contributed by atoms with Gasteiger partial charge in [-0.1, -0.05) is 24.3 Å². The van der Waals surface area contributed by atoms with Crippen molar-refractivity contribution < 1.29 is 16.8 Å². The number of nitrogens with one attached hydrogen (secondary N) is 1. The number of benzene rings is 2. The number of nitrogens with zero attached hydrogens (tertiary/aromatic N) is 2. The van der Waals surface area contributed by atoms with E-state index in [4.69, 9.17) is 0 Å². The first-order valence-electron chi connectivity index (χ1n) is 8.34. The highest BCUT2D eigenvalue weighted by Gasteiger charge is 2.28. The maximum Gasteiger partial charge on any atom is 0.264 e. The van der Waals surface area contributed by atoms with E-state index in [9.17, 15) is 16.8 Å². The summed E-state index contributed by atoms with van der Waals surface area (Å²) in [5.74, 6) is 0.102. The Bertz CT molecular complexity index is 1220. The molecule has 9 heteroatoms. The minimum absolute atomic E-state index is 0.0693. The molecular weight excluding hydrogens is 386 g/mol. The Morgan fingerprint density at radius 1 is 1.04 bits per heavy atom. The molecule has 0 bridgehead atoms. The first-order valence-corrected chi connectivity index (χ1v) is 11.4. The molecule has 1 aromatic heterocycles. The Kier molecular flexibility index (Phi) is 4.27. The normalized spacial score (nSPS) is 16.5. The largest absolute Gasteiger partial charge is 0.279 e. The standard InChI is InChI=1S/C18H17N3O4S2/c22-26(23)12-4-11-21(26)16-8-2-7-15(13-16)20-27(24,25)17-9-1-5-14-6-3-10-19-18(14)17/h1-3,5-10,13,20H,4,11-12H2. The van der Waals surface area contributed by atoms with Crippen LogP contribution >= 0.6 is 0 Å². The number of aromatic nitrogens is 1. The number of rotatable bonds is 4. The van der Waals surface area contributed by atoms with Crippen LogP contribution in [0.25, 0.3) is 10.9 Å². The molecule has 7 nitrogen and oxygen atoms in total. The van der Waals surface area contributed by atoms with Gasteiger partial charge in [-0.2, -0.15) is 0 Å². The molecule has 4 rings (SSSR count). The summed E-state index contributed by atoms with van der Waals surface area (Å²) in [5, 5.41) is 0.720. The zero-order chi connectivity index (χ0) is 19.1. The Morgan fingerprint density at radius 2 is 1.81 bits per heavy atom. The summed E-state index contributed by atoms with van der Waals surface area (Å²) in [6.45, 7) is 0.395. The first-order chi connectivity index (χ1) is 12.9. The van der Waals surface area contributed by atoms with Gasteiger partial charge in [-0.15, -0.1) is 0 Å². The summed E-state index contributed by atoms with van der Waals surface area (Å²) < 4.78 is 53.8. The van der Waals surface area contributed by atoms with Gasteiger partial charge in [0.15, 0.2) is 0 Å². The van der Waals surface area contributed by atoms with Crippen molar-refractivity contribution in [3.63, 3.8) is 0 Å². The topological polar surface area (TPSA) is 96.4 Å². The van der Waals surface area contributed by atoms with Gasteiger partial charge in [-0.25, -0.2) is 16.8 Å². The molecule has 0 atom stereocenters. The Labute approximate surface area is 157 Å². The minimum Gasteiger partial charge on any atom is -0.279 e. The molecule has 2 heterocycles. The number of pyridine rings is 1. The number of hydrogen-bond acceptors (Lipinski definition) is 5. The van der Waals surface area contributed by atoms with Crippen molar-refractivity contribution >= 4 is 42.3 Å². The quantitative estimate of drug-likeness (QED) is 0.722. The molecular formula is C18H17N3O4S2. The van der Waals surface area contributed by atoms with E-state index in [1.54, 1.807) is 48.7 Å². The second-order valence-electron chi connectivity index (χ2n) is 6.23. The van der Waals surface area contributed by atoms with Crippen molar-refractivity contribution in [2.75, 3.05) is 21.3 Å². The van der Waals surface area contributed by atoms with Crippen molar-refractivity contribution in [1.82, 2.24) is 4.98 Å². The molecule has 3 aromatic rings. The van der Waals surface area contributed by atoms with Crippen LogP contribution in [-0.4, -0.2) is 34.1 Å². The zero-order valence-corrected chi connectivity index (χ0v) is 15.9. The average molecular weight is 403 g/mol. The second kappa shape index (κ2) is 6.50. The molecule has 0 unspecified atom stereocenters. The lowest BCUT2D eigenvalue weighted by Crippen LogP contribution is -2.25. The SMILES string of the molecule is O=S(=O)(Nc1cccc(N2CCCS2(=O)=O)c1)c1cccc2cccnc12. The summed E-state index contributed by atoms with van der Waals surface area (Å²) >= 11 is 0. The fraction of sp³-hybridized carbons (Fsp3) is 0.167. The summed E-state index contributed by atoms with van der Waals surface area (Å²) in [4.78, 5) is 4.25. The molecule has 1 N–H and O–H groups in total. The van der Waals surface area contributed by atoms with Crippen LogP contribution in [0, 0.1) is 0 Å². The van der Waals surface area contributed by atoms with Crippen molar-refractivity contribution in [3.05, 3.63) is 60.8 Å². The molecule has 0 radical (unpaired) electrons. The molecule has 1 aliphatic rings. The first kappa shape index (κ1) is 17.7. The highest BCUT2D eigenvalue weighted by Crippen LogP contribution is 2.28. The van der Waals surface area contributed by atoms with Crippen molar-refractivity contribution in [1.29, 1.82) is 0 Å². The fourth-order valence-corrected chi connectivity index (χ4v) is 5.94. The van der Waals surface area contributed by atoms with Crippen LogP contribution in [0.15, 0.2) is 65.7 Å².